The summed E-state index contributed by atoms with van der Waals surface area (Å²) >= 11 is 5.84. The molecule has 0 aliphatic rings. The first-order chi connectivity index (χ1) is 11.4. The van der Waals surface area contributed by atoms with Crippen molar-refractivity contribution >= 4 is 27.4 Å². The van der Waals surface area contributed by atoms with Gasteiger partial charge in [-0.05, 0) is 30.7 Å². The molecule has 0 fully saturated rings. The molecule has 0 spiro atoms. The number of aromatic nitrogens is 2. The molecule has 1 aromatic heterocycles. The van der Waals surface area contributed by atoms with Gasteiger partial charge < -0.3 is 9.36 Å². The van der Waals surface area contributed by atoms with E-state index in [4.69, 9.17) is 25.1 Å². The summed E-state index contributed by atoms with van der Waals surface area (Å²) in [5, 5.41) is 8.24. The molecule has 24 heavy (non-hydrogen) atoms. The van der Waals surface area contributed by atoms with E-state index in [9.17, 15) is 8.42 Å². The zero-order chi connectivity index (χ0) is 17.6. The van der Waals surface area contributed by atoms with Crippen LogP contribution < -0.4 is 0 Å². The molecule has 0 saturated carbocycles. The van der Waals surface area contributed by atoms with E-state index < -0.39 is 10.1 Å². The van der Waals surface area contributed by atoms with E-state index in [1.165, 1.54) is 0 Å². The van der Waals surface area contributed by atoms with Crippen LogP contribution in [0.5, 0.6) is 0 Å². The van der Waals surface area contributed by atoms with E-state index in [1.54, 1.807) is 24.3 Å². The van der Waals surface area contributed by atoms with E-state index in [-0.39, 0.29) is 18.2 Å². The predicted molar refractivity (Wildman–Crippen MR) is 88.3 cm³/mol. The average Bonchev–Trinajstić information content (AvgIpc) is 3.00. The molecule has 8 nitrogen and oxygen atoms in total. The molecule has 0 bridgehead atoms. The van der Waals surface area contributed by atoms with Gasteiger partial charge in [0.25, 0.3) is 16.0 Å². The fourth-order valence-corrected chi connectivity index (χ4v) is 2.01. The van der Waals surface area contributed by atoms with Crippen LogP contribution in [-0.4, -0.2) is 43.7 Å². The van der Waals surface area contributed by atoms with Crippen LogP contribution in [-0.2, 0) is 19.1 Å². The first-order valence-electron chi connectivity index (χ1n) is 7.02. The topological polar surface area (TPSA) is 104 Å². The number of halogens is 1. The van der Waals surface area contributed by atoms with Gasteiger partial charge >= 0.3 is 0 Å². The lowest BCUT2D eigenvalue weighted by Gasteiger charge is -2.02. The third-order valence-electron chi connectivity index (χ3n) is 2.66. The van der Waals surface area contributed by atoms with Crippen molar-refractivity contribution in [3.05, 3.63) is 35.2 Å². The van der Waals surface area contributed by atoms with Crippen molar-refractivity contribution in [2.24, 2.45) is 5.16 Å². The predicted octanol–water partition coefficient (Wildman–Crippen LogP) is 2.50. The van der Waals surface area contributed by atoms with Crippen molar-refractivity contribution in [2.75, 3.05) is 19.5 Å². The molecular formula is C14H16ClN3O5S. The first-order valence-corrected chi connectivity index (χ1v) is 9.21. The lowest BCUT2D eigenvalue weighted by atomic mass is 10.2. The molecule has 0 saturated heterocycles. The van der Waals surface area contributed by atoms with Crippen molar-refractivity contribution < 1.29 is 22.0 Å². The van der Waals surface area contributed by atoms with Gasteiger partial charge in [-0.25, -0.2) is 0 Å². The van der Waals surface area contributed by atoms with Gasteiger partial charge in [-0.2, -0.15) is 13.4 Å². The third-order valence-corrected chi connectivity index (χ3v) is 3.45. The Kier molecular flexibility index (Phi) is 6.29. The summed E-state index contributed by atoms with van der Waals surface area (Å²) in [7, 11) is -3.65. The van der Waals surface area contributed by atoms with Crippen molar-refractivity contribution in [1.82, 2.24) is 10.1 Å². The quantitative estimate of drug-likeness (QED) is 0.303. The molecule has 2 aromatic rings. The summed E-state index contributed by atoms with van der Waals surface area (Å²) in [5.74, 6) is 0.323. The van der Waals surface area contributed by atoms with Gasteiger partial charge in [-0.1, -0.05) is 28.8 Å². The zero-order valence-electron chi connectivity index (χ0n) is 13.1. The van der Waals surface area contributed by atoms with Gasteiger partial charge in [0.1, 0.15) is 13.2 Å². The highest BCUT2D eigenvalue weighted by Crippen LogP contribution is 2.19. The summed E-state index contributed by atoms with van der Waals surface area (Å²) in [4.78, 5) is 9.25. The normalized spacial score (nSPS) is 12.4. The second kappa shape index (κ2) is 8.22. The van der Waals surface area contributed by atoms with Gasteiger partial charge in [-0.3, -0.25) is 4.18 Å². The SMILES string of the molecule is CCCO/N=C(\COS(C)(=O)=O)c1nc(-c2ccc(Cl)cc2)no1. The number of nitrogens with zero attached hydrogens (tertiary/aromatic N) is 3. The van der Waals surface area contributed by atoms with Gasteiger partial charge in [0.2, 0.25) is 5.82 Å². The highest BCUT2D eigenvalue weighted by atomic mass is 35.5. The van der Waals surface area contributed by atoms with E-state index in [0.29, 0.717) is 23.0 Å². The number of hydrogen-bond donors (Lipinski definition) is 0. The van der Waals surface area contributed by atoms with Gasteiger partial charge in [0, 0.05) is 10.6 Å². The van der Waals surface area contributed by atoms with Gasteiger partial charge in [0.05, 0.1) is 6.26 Å². The molecule has 0 atom stereocenters. The lowest BCUT2D eigenvalue weighted by Crippen LogP contribution is -2.15. The smallest absolute Gasteiger partial charge is 0.278 e. The molecule has 0 N–H and O–H groups in total. The Labute approximate surface area is 144 Å². The van der Waals surface area contributed by atoms with E-state index in [1.807, 2.05) is 6.92 Å². The summed E-state index contributed by atoms with van der Waals surface area (Å²) in [6.45, 7) is 1.90. The zero-order valence-corrected chi connectivity index (χ0v) is 14.7. The fraction of sp³-hybridized carbons (Fsp3) is 0.357. The molecule has 10 heteroatoms. The molecule has 1 heterocycles. The third kappa shape index (κ3) is 5.59. The molecular weight excluding hydrogens is 358 g/mol. The number of hydrogen-bond acceptors (Lipinski definition) is 8. The molecule has 130 valence electrons. The molecule has 0 radical (unpaired) electrons. The van der Waals surface area contributed by atoms with Crippen molar-refractivity contribution in [3.8, 4) is 11.4 Å². The Morgan fingerprint density at radius 2 is 2.04 bits per heavy atom. The summed E-state index contributed by atoms with van der Waals surface area (Å²) in [5.41, 5.74) is 0.772. The largest absolute Gasteiger partial charge is 0.395 e. The average molecular weight is 374 g/mol. The van der Waals surface area contributed by atoms with E-state index in [0.717, 1.165) is 12.7 Å². The molecule has 0 unspecified atom stereocenters. The Balaban J connectivity index is 2.22. The summed E-state index contributed by atoms with van der Waals surface area (Å²) < 4.78 is 32.2. The Morgan fingerprint density at radius 1 is 1.33 bits per heavy atom. The van der Waals surface area contributed by atoms with Crippen molar-refractivity contribution in [1.29, 1.82) is 0 Å². The molecule has 0 amide bonds. The summed E-state index contributed by atoms with van der Waals surface area (Å²) in [6.07, 6.45) is 1.67. The second-order valence-electron chi connectivity index (χ2n) is 4.77. The first kappa shape index (κ1) is 18.4. The fourth-order valence-electron chi connectivity index (χ4n) is 1.56. The van der Waals surface area contributed by atoms with Crippen LogP contribution in [0.15, 0.2) is 33.9 Å². The summed E-state index contributed by atoms with van der Waals surface area (Å²) in [6, 6.07) is 6.85. The van der Waals surface area contributed by atoms with Crippen LogP contribution in [0.25, 0.3) is 11.4 Å². The maximum Gasteiger partial charge on any atom is 0.278 e. The lowest BCUT2D eigenvalue weighted by molar-refractivity contribution is 0.142. The minimum atomic E-state index is -3.65. The van der Waals surface area contributed by atoms with Gasteiger partial charge in [0.15, 0.2) is 5.71 Å². The molecule has 2 rings (SSSR count). The number of oxime groups is 1. The van der Waals surface area contributed by atoms with Crippen LogP contribution in [0.1, 0.15) is 19.2 Å². The van der Waals surface area contributed by atoms with E-state index in [2.05, 4.69) is 15.3 Å². The van der Waals surface area contributed by atoms with Crippen LogP contribution in [0.3, 0.4) is 0 Å². The molecule has 1 aromatic carbocycles. The highest BCUT2D eigenvalue weighted by Gasteiger charge is 2.18. The van der Waals surface area contributed by atoms with Crippen LogP contribution >= 0.6 is 11.6 Å². The highest BCUT2D eigenvalue weighted by molar-refractivity contribution is 7.86. The number of benzene rings is 1. The van der Waals surface area contributed by atoms with Crippen LogP contribution in [0.2, 0.25) is 5.02 Å². The molecule has 0 aliphatic heterocycles. The maximum atomic E-state index is 11.2. The van der Waals surface area contributed by atoms with Crippen molar-refractivity contribution in [2.45, 2.75) is 13.3 Å². The van der Waals surface area contributed by atoms with Crippen LogP contribution in [0, 0.1) is 0 Å². The minimum Gasteiger partial charge on any atom is -0.395 e. The molecule has 0 aliphatic carbocycles. The Morgan fingerprint density at radius 3 is 2.67 bits per heavy atom. The van der Waals surface area contributed by atoms with E-state index >= 15 is 0 Å². The van der Waals surface area contributed by atoms with Crippen LogP contribution in [0.4, 0.5) is 0 Å². The minimum absolute atomic E-state index is 0.0136. The second-order valence-corrected chi connectivity index (χ2v) is 6.85. The standard InChI is InChI=1S/C14H16ClN3O5S/c1-3-8-21-17-12(9-22-24(2,19)20)14-16-13(18-23-14)10-4-6-11(15)7-5-10/h4-7H,3,8-9H2,1-2H3/b17-12+. The monoisotopic (exact) mass is 373 g/mol. The van der Waals surface area contributed by atoms with Crippen molar-refractivity contribution in [3.63, 3.8) is 0 Å². The number of rotatable bonds is 8. The Bertz CT molecular complexity index is 802. The maximum absolute atomic E-state index is 11.2. The Hall–Kier alpha value is -1.97. The van der Waals surface area contributed by atoms with Gasteiger partial charge in [-0.15, -0.1) is 0 Å².